The number of ether oxygens (including phenoxy) is 1. The average molecular weight is 788 g/mol. The quantitative estimate of drug-likeness (QED) is 0.0837. The Morgan fingerprint density at radius 3 is 2.05 bits per heavy atom. The van der Waals surface area contributed by atoms with Crippen LogP contribution in [0.4, 0.5) is 0 Å². The summed E-state index contributed by atoms with van der Waals surface area (Å²) in [5.41, 5.74) is 1.06. The number of rotatable bonds is 25. The van der Waals surface area contributed by atoms with Crippen LogP contribution in [-0.4, -0.2) is 100 Å². The van der Waals surface area contributed by atoms with Crippen LogP contribution in [0.15, 0.2) is 29.6 Å². The van der Waals surface area contributed by atoms with E-state index in [4.69, 9.17) is 9.72 Å². The van der Waals surface area contributed by atoms with Crippen LogP contribution in [0.1, 0.15) is 128 Å². The van der Waals surface area contributed by atoms with Crippen molar-refractivity contribution >= 4 is 35.0 Å². The molecule has 1 heterocycles. The van der Waals surface area contributed by atoms with E-state index in [0.717, 1.165) is 31.2 Å². The van der Waals surface area contributed by atoms with E-state index in [1.807, 2.05) is 51.6 Å². The van der Waals surface area contributed by atoms with Gasteiger partial charge in [0.1, 0.15) is 28.6 Å². The number of phenolic OH excluding ortho intramolecular Hbond substituents is 1. The van der Waals surface area contributed by atoms with Crippen LogP contribution in [0.3, 0.4) is 0 Å². The van der Waals surface area contributed by atoms with Crippen molar-refractivity contribution in [2.24, 2.45) is 23.7 Å². The third-order valence-electron chi connectivity index (χ3n) is 10.5. The Morgan fingerprint density at radius 1 is 0.891 bits per heavy atom. The lowest BCUT2D eigenvalue weighted by atomic mass is 9.91. The van der Waals surface area contributed by atoms with Crippen LogP contribution in [0.25, 0.3) is 0 Å². The average Bonchev–Trinajstić information content (AvgIpc) is 3.63. The number of amides is 3. The number of nitrogens with one attached hydrogen (secondary N) is 2. The number of likely N-dealkylation sites (N-methyl/N-ethyl adjacent to an activating group) is 1. The van der Waals surface area contributed by atoms with Gasteiger partial charge in [-0.1, -0.05) is 87.3 Å². The van der Waals surface area contributed by atoms with Crippen molar-refractivity contribution in [3.8, 4) is 5.75 Å². The molecule has 0 saturated carbocycles. The summed E-state index contributed by atoms with van der Waals surface area (Å²) >= 11 is 1.32. The minimum atomic E-state index is -0.950. The summed E-state index contributed by atoms with van der Waals surface area (Å²) in [6.45, 7) is 19.0. The molecule has 0 aliphatic carbocycles. The third kappa shape index (κ3) is 14.5. The van der Waals surface area contributed by atoms with Gasteiger partial charge in [0.2, 0.25) is 11.8 Å². The SMILES string of the molecule is CCCO[C@H](CC(C(C)C)N(CCC)C(=O)[C@@H](NC(=O)[C@@H]([C@@H](C)CC)N(C)C)[C@@H](C)CC)c1nc(C(=O)N[C@@H](Cc2ccc(O)cc2)C[C@H](C)C(=O)O)cs1. The number of aromatic nitrogens is 1. The van der Waals surface area contributed by atoms with Gasteiger partial charge in [-0.25, -0.2) is 4.98 Å². The Hall–Kier alpha value is -3.55. The smallest absolute Gasteiger partial charge is 0.306 e. The van der Waals surface area contributed by atoms with E-state index in [1.165, 1.54) is 11.3 Å². The van der Waals surface area contributed by atoms with Crippen LogP contribution in [0, 0.1) is 23.7 Å². The van der Waals surface area contributed by atoms with Crippen molar-refractivity contribution in [3.63, 3.8) is 0 Å². The van der Waals surface area contributed by atoms with E-state index >= 15 is 0 Å². The van der Waals surface area contributed by atoms with Crippen LogP contribution in [0.2, 0.25) is 0 Å². The molecule has 0 aliphatic heterocycles. The first-order chi connectivity index (χ1) is 26.0. The number of thiazole rings is 1. The summed E-state index contributed by atoms with van der Waals surface area (Å²) in [5, 5.41) is 27.8. The summed E-state index contributed by atoms with van der Waals surface area (Å²) in [7, 11) is 3.80. The molecule has 0 fully saturated rings. The number of carboxylic acids is 1. The van der Waals surface area contributed by atoms with Crippen molar-refractivity contribution in [2.45, 2.75) is 138 Å². The zero-order valence-electron chi connectivity index (χ0n) is 35.1. The van der Waals surface area contributed by atoms with Gasteiger partial charge in [-0.3, -0.25) is 24.1 Å². The first kappa shape index (κ1) is 47.6. The topological polar surface area (TPSA) is 161 Å². The first-order valence-electron chi connectivity index (χ1n) is 20.1. The maximum atomic E-state index is 14.7. The number of benzene rings is 1. The number of phenols is 1. The zero-order valence-corrected chi connectivity index (χ0v) is 35.9. The molecule has 2 aromatic rings. The number of carbonyl (C=O) groups is 4. The van der Waals surface area contributed by atoms with Crippen molar-refractivity contribution in [1.82, 2.24) is 25.4 Å². The van der Waals surface area contributed by atoms with Crippen molar-refractivity contribution < 1.29 is 34.1 Å². The van der Waals surface area contributed by atoms with Gasteiger partial charge in [-0.05, 0) is 75.2 Å². The van der Waals surface area contributed by atoms with E-state index in [1.54, 1.807) is 36.6 Å². The Kier molecular flexibility index (Phi) is 20.3. The van der Waals surface area contributed by atoms with Gasteiger partial charge in [-0.15, -0.1) is 11.3 Å². The molecule has 0 spiro atoms. The number of hydrogen-bond acceptors (Lipinski definition) is 9. The molecule has 1 aromatic carbocycles. The Labute approximate surface area is 333 Å². The highest BCUT2D eigenvalue weighted by molar-refractivity contribution is 7.09. The van der Waals surface area contributed by atoms with E-state index in [9.17, 15) is 29.4 Å². The van der Waals surface area contributed by atoms with Crippen molar-refractivity contribution in [3.05, 3.63) is 45.9 Å². The second-order valence-electron chi connectivity index (χ2n) is 15.7. The summed E-state index contributed by atoms with van der Waals surface area (Å²) in [5.74, 6) is -2.11. The highest BCUT2D eigenvalue weighted by Crippen LogP contribution is 2.32. The highest BCUT2D eigenvalue weighted by Gasteiger charge is 2.38. The fourth-order valence-corrected chi connectivity index (χ4v) is 7.78. The number of aromatic hydroxyl groups is 1. The molecule has 0 aliphatic rings. The van der Waals surface area contributed by atoms with E-state index in [2.05, 4.69) is 38.3 Å². The van der Waals surface area contributed by atoms with Gasteiger partial charge in [0.15, 0.2) is 0 Å². The molecule has 1 aromatic heterocycles. The lowest BCUT2D eigenvalue weighted by Crippen LogP contribution is -2.59. The Balaban J connectivity index is 2.43. The molecular weight excluding hydrogens is 719 g/mol. The predicted molar refractivity (Wildman–Crippen MR) is 219 cm³/mol. The molecule has 0 radical (unpaired) electrons. The highest BCUT2D eigenvalue weighted by atomic mass is 32.1. The van der Waals surface area contributed by atoms with Crippen molar-refractivity contribution in [2.75, 3.05) is 27.2 Å². The van der Waals surface area contributed by atoms with Gasteiger partial charge >= 0.3 is 5.97 Å². The third-order valence-corrected chi connectivity index (χ3v) is 11.5. The maximum absolute atomic E-state index is 14.7. The standard InChI is InChI=1S/C42H69N5O7S/c1-12-20-47(41(51)36(27(7)14-3)45-39(50)37(46(10)11)28(8)15-4)34(26(5)6)24-35(54-21-13-2)40-44-33(25-55-40)38(49)43-31(22-29(9)42(52)53)23-30-16-18-32(48)19-17-30/h16-19,25-29,31,34-37,48H,12-15,20-24H2,1-11H3,(H,43,49)(H,45,50)(H,52,53)/t27-,28-,29-,31+,34?,35+,36-,37+/m0/s1. The maximum Gasteiger partial charge on any atom is 0.306 e. The van der Waals surface area contributed by atoms with Gasteiger partial charge in [0, 0.05) is 37.0 Å². The molecule has 8 atom stereocenters. The zero-order chi connectivity index (χ0) is 41.4. The van der Waals surface area contributed by atoms with Crippen molar-refractivity contribution in [1.29, 1.82) is 0 Å². The van der Waals surface area contributed by atoms with Gasteiger partial charge in [0.25, 0.3) is 5.91 Å². The molecule has 0 bridgehead atoms. The van der Waals surface area contributed by atoms with Crippen LogP contribution in [0.5, 0.6) is 5.75 Å². The molecule has 4 N–H and O–H groups in total. The van der Waals surface area contributed by atoms with Gasteiger partial charge in [-0.2, -0.15) is 0 Å². The molecule has 3 amide bonds. The number of carbonyl (C=O) groups excluding carboxylic acids is 3. The fourth-order valence-electron chi connectivity index (χ4n) is 6.92. The molecule has 0 saturated heterocycles. The van der Waals surface area contributed by atoms with Crippen LogP contribution < -0.4 is 10.6 Å². The fraction of sp³-hybridized carbons (Fsp3) is 0.690. The van der Waals surface area contributed by atoms with E-state index in [0.29, 0.717) is 31.0 Å². The first-order valence-corrected chi connectivity index (χ1v) is 21.0. The molecule has 310 valence electrons. The van der Waals surface area contributed by atoms with Gasteiger partial charge < -0.3 is 30.5 Å². The van der Waals surface area contributed by atoms with E-state index < -0.39 is 36.0 Å². The molecular formula is C42H69N5O7S. The number of hydrogen-bond donors (Lipinski definition) is 4. The Morgan fingerprint density at radius 2 is 1.53 bits per heavy atom. The monoisotopic (exact) mass is 787 g/mol. The lowest BCUT2D eigenvalue weighted by Gasteiger charge is -2.40. The second kappa shape index (κ2) is 23.5. The van der Waals surface area contributed by atoms with Gasteiger partial charge in [0.05, 0.1) is 12.0 Å². The summed E-state index contributed by atoms with van der Waals surface area (Å²) in [6.07, 6.45) is 3.60. The van der Waals surface area contributed by atoms with Crippen LogP contribution in [-0.2, 0) is 25.5 Å². The Bertz CT molecular complexity index is 1480. The largest absolute Gasteiger partial charge is 0.508 e. The molecule has 2 rings (SSSR count). The molecule has 55 heavy (non-hydrogen) atoms. The number of nitrogens with zero attached hydrogens (tertiary/aromatic N) is 3. The van der Waals surface area contributed by atoms with Crippen LogP contribution >= 0.6 is 11.3 Å². The summed E-state index contributed by atoms with van der Waals surface area (Å²) in [6, 6.07) is 4.83. The number of carboxylic acid groups (broad SMARTS) is 1. The summed E-state index contributed by atoms with van der Waals surface area (Å²) < 4.78 is 6.42. The molecule has 1 unspecified atom stereocenters. The lowest BCUT2D eigenvalue weighted by molar-refractivity contribution is -0.143. The predicted octanol–water partition coefficient (Wildman–Crippen LogP) is 6.93. The molecule has 12 nitrogen and oxygen atoms in total. The molecule has 13 heteroatoms. The normalized spacial score (nSPS) is 16.1. The minimum absolute atomic E-state index is 0.0470. The number of aliphatic carboxylic acids is 1. The second-order valence-corrected chi connectivity index (χ2v) is 16.6. The minimum Gasteiger partial charge on any atom is -0.508 e. The summed E-state index contributed by atoms with van der Waals surface area (Å²) in [4.78, 5) is 62.4. The van der Waals surface area contributed by atoms with E-state index in [-0.39, 0.29) is 59.5 Å².